The van der Waals surface area contributed by atoms with E-state index >= 15 is 0 Å². The molecule has 0 spiro atoms. The minimum atomic E-state index is -1.03. The number of halogens is 2. The molecule has 0 unspecified atom stereocenters. The summed E-state index contributed by atoms with van der Waals surface area (Å²) in [6, 6.07) is 7.50. The van der Waals surface area contributed by atoms with Gasteiger partial charge in [0.25, 0.3) is 0 Å². The fourth-order valence-corrected chi connectivity index (χ4v) is 2.53. The van der Waals surface area contributed by atoms with Crippen molar-refractivity contribution in [3.8, 4) is 16.9 Å². The molecule has 118 valence electrons. The second kappa shape index (κ2) is 5.50. The molecule has 1 N–H and O–H groups in total. The molecule has 0 fully saturated rings. The summed E-state index contributed by atoms with van der Waals surface area (Å²) < 4.78 is 32.5. The lowest BCUT2D eigenvalue weighted by atomic mass is 9.97. The maximum atomic E-state index is 13.6. The predicted octanol–water partition coefficient (Wildman–Crippen LogP) is 4.57. The van der Waals surface area contributed by atoms with E-state index in [4.69, 9.17) is 4.42 Å². The van der Waals surface area contributed by atoms with Gasteiger partial charge in [-0.3, -0.25) is 4.79 Å². The number of aromatic hydroxyl groups is 1. The molecular weight excluding hydrogens is 302 g/mol. The van der Waals surface area contributed by atoms with Crippen LogP contribution in [0.15, 0.2) is 45.6 Å². The van der Waals surface area contributed by atoms with Crippen molar-refractivity contribution < 1.29 is 18.3 Å². The minimum absolute atomic E-state index is 0.0177. The Morgan fingerprint density at radius 2 is 1.78 bits per heavy atom. The molecule has 0 saturated heterocycles. The van der Waals surface area contributed by atoms with Crippen molar-refractivity contribution in [2.45, 2.75) is 19.8 Å². The molecule has 0 saturated carbocycles. The number of fused-ring (bicyclic) bond motifs is 1. The topological polar surface area (TPSA) is 50.4 Å². The molecule has 3 rings (SSSR count). The molecule has 3 aromatic rings. The SMILES string of the molecule is CC(C)c1oc2cc(O)ccc2c(=O)c1-c1ccc(F)c(F)c1. The standard InChI is InChI=1S/C18H14F2O3/c1-9(2)18-16(10-3-6-13(19)14(20)7-10)17(22)12-5-4-11(21)8-15(12)23-18/h3-9,21H,1-2H3. The van der Waals surface area contributed by atoms with Gasteiger partial charge in [0.05, 0.1) is 10.9 Å². The number of hydrogen-bond donors (Lipinski definition) is 1. The van der Waals surface area contributed by atoms with Crippen molar-refractivity contribution in [3.63, 3.8) is 0 Å². The van der Waals surface area contributed by atoms with Gasteiger partial charge in [0.2, 0.25) is 5.43 Å². The van der Waals surface area contributed by atoms with Crippen LogP contribution in [0, 0.1) is 11.6 Å². The van der Waals surface area contributed by atoms with Gasteiger partial charge >= 0.3 is 0 Å². The summed E-state index contributed by atoms with van der Waals surface area (Å²) in [5.74, 6) is -1.81. The summed E-state index contributed by atoms with van der Waals surface area (Å²) in [5.41, 5.74) is 0.374. The van der Waals surface area contributed by atoms with E-state index in [1.807, 2.05) is 13.8 Å². The maximum Gasteiger partial charge on any atom is 0.200 e. The third kappa shape index (κ3) is 2.59. The van der Waals surface area contributed by atoms with E-state index in [0.29, 0.717) is 5.76 Å². The van der Waals surface area contributed by atoms with Crippen LogP contribution in [-0.4, -0.2) is 5.11 Å². The Morgan fingerprint density at radius 1 is 1.04 bits per heavy atom. The van der Waals surface area contributed by atoms with Crippen molar-refractivity contribution in [3.05, 3.63) is 64.0 Å². The highest BCUT2D eigenvalue weighted by Crippen LogP contribution is 2.31. The van der Waals surface area contributed by atoms with E-state index in [0.717, 1.165) is 12.1 Å². The Balaban J connectivity index is 2.40. The summed E-state index contributed by atoms with van der Waals surface area (Å²) >= 11 is 0. The van der Waals surface area contributed by atoms with Crippen molar-refractivity contribution >= 4 is 11.0 Å². The lowest BCUT2D eigenvalue weighted by Gasteiger charge is -2.13. The quantitative estimate of drug-likeness (QED) is 0.753. The fourth-order valence-electron chi connectivity index (χ4n) is 2.53. The highest BCUT2D eigenvalue weighted by atomic mass is 19.2. The molecule has 0 aliphatic rings. The largest absolute Gasteiger partial charge is 0.508 e. The Morgan fingerprint density at radius 3 is 2.43 bits per heavy atom. The molecule has 0 aliphatic carbocycles. The van der Waals surface area contributed by atoms with Crippen LogP contribution < -0.4 is 5.43 Å². The van der Waals surface area contributed by atoms with Gasteiger partial charge in [0, 0.05) is 12.0 Å². The van der Waals surface area contributed by atoms with E-state index in [-0.39, 0.29) is 39.2 Å². The second-order valence-corrected chi connectivity index (χ2v) is 5.63. The molecule has 2 aromatic carbocycles. The van der Waals surface area contributed by atoms with Gasteiger partial charge in [0.15, 0.2) is 11.6 Å². The minimum Gasteiger partial charge on any atom is -0.508 e. The zero-order valence-corrected chi connectivity index (χ0v) is 12.6. The number of rotatable bonds is 2. The van der Waals surface area contributed by atoms with Gasteiger partial charge in [-0.15, -0.1) is 0 Å². The van der Waals surface area contributed by atoms with Gasteiger partial charge in [-0.25, -0.2) is 8.78 Å². The fraction of sp³-hybridized carbons (Fsp3) is 0.167. The predicted molar refractivity (Wildman–Crippen MR) is 83.6 cm³/mol. The average Bonchev–Trinajstić information content (AvgIpc) is 2.49. The number of phenols is 1. The van der Waals surface area contributed by atoms with E-state index in [1.54, 1.807) is 0 Å². The van der Waals surface area contributed by atoms with Crippen LogP contribution in [0.4, 0.5) is 8.78 Å². The van der Waals surface area contributed by atoms with Crippen LogP contribution in [0.2, 0.25) is 0 Å². The number of benzene rings is 2. The van der Waals surface area contributed by atoms with Crippen LogP contribution in [0.1, 0.15) is 25.5 Å². The van der Waals surface area contributed by atoms with Crippen LogP contribution in [-0.2, 0) is 0 Å². The van der Waals surface area contributed by atoms with E-state index < -0.39 is 11.6 Å². The Hall–Kier alpha value is -2.69. The van der Waals surface area contributed by atoms with Gasteiger partial charge in [-0.1, -0.05) is 19.9 Å². The third-order valence-electron chi connectivity index (χ3n) is 3.64. The molecule has 0 aliphatic heterocycles. The van der Waals surface area contributed by atoms with Crippen molar-refractivity contribution in [2.75, 3.05) is 0 Å². The van der Waals surface area contributed by atoms with E-state index in [2.05, 4.69) is 0 Å². The first-order valence-corrected chi connectivity index (χ1v) is 7.13. The highest BCUT2D eigenvalue weighted by molar-refractivity contribution is 5.84. The Labute approximate surface area is 130 Å². The smallest absolute Gasteiger partial charge is 0.200 e. The van der Waals surface area contributed by atoms with Gasteiger partial charge in [0.1, 0.15) is 17.1 Å². The summed E-state index contributed by atoms with van der Waals surface area (Å²) in [4.78, 5) is 12.8. The van der Waals surface area contributed by atoms with Crippen molar-refractivity contribution in [1.29, 1.82) is 0 Å². The summed E-state index contributed by atoms with van der Waals surface area (Å²) in [5, 5.41) is 9.82. The molecule has 23 heavy (non-hydrogen) atoms. The first-order valence-electron chi connectivity index (χ1n) is 7.13. The first-order chi connectivity index (χ1) is 10.9. The van der Waals surface area contributed by atoms with Crippen LogP contribution >= 0.6 is 0 Å². The molecule has 5 heteroatoms. The summed E-state index contributed by atoms with van der Waals surface area (Å²) in [6.45, 7) is 3.66. The van der Waals surface area contributed by atoms with Crippen molar-refractivity contribution in [1.82, 2.24) is 0 Å². The van der Waals surface area contributed by atoms with Gasteiger partial charge < -0.3 is 9.52 Å². The van der Waals surface area contributed by atoms with E-state index in [1.165, 1.54) is 24.3 Å². The molecule has 0 radical (unpaired) electrons. The normalized spacial score (nSPS) is 11.3. The molecular formula is C18H14F2O3. The molecule has 1 aromatic heterocycles. The van der Waals surface area contributed by atoms with Crippen LogP contribution in [0.5, 0.6) is 5.75 Å². The van der Waals surface area contributed by atoms with Crippen LogP contribution in [0.25, 0.3) is 22.1 Å². The summed E-state index contributed by atoms with van der Waals surface area (Å²) in [6.07, 6.45) is 0. The first kappa shape index (κ1) is 15.2. The van der Waals surface area contributed by atoms with Crippen LogP contribution in [0.3, 0.4) is 0 Å². The molecule has 0 atom stereocenters. The number of phenolic OH excluding ortho intramolecular Hbond substituents is 1. The molecule has 0 bridgehead atoms. The Bertz CT molecular complexity index is 958. The number of hydrogen-bond acceptors (Lipinski definition) is 3. The average molecular weight is 316 g/mol. The lowest BCUT2D eigenvalue weighted by molar-refractivity contribution is 0.470. The summed E-state index contributed by atoms with van der Waals surface area (Å²) in [7, 11) is 0. The molecule has 1 heterocycles. The zero-order chi connectivity index (χ0) is 16.7. The Kier molecular flexibility index (Phi) is 3.64. The van der Waals surface area contributed by atoms with Gasteiger partial charge in [-0.2, -0.15) is 0 Å². The zero-order valence-electron chi connectivity index (χ0n) is 12.6. The van der Waals surface area contributed by atoms with E-state index in [9.17, 15) is 18.7 Å². The molecule has 0 amide bonds. The monoisotopic (exact) mass is 316 g/mol. The third-order valence-corrected chi connectivity index (χ3v) is 3.64. The van der Waals surface area contributed by atoms with Crippen molar-refractivity contribution in [2.24, 2.45) is 0 Å². The highest BCUT2D eigenvalue weighted by Gasteiger charge is 2.20. The lowest BCUT2D eigenvalue weighted by Crippen LogP contribution is -2.10. The second-order valence-electron chi connectivity index (χ2n) is 5.63. The maximum absolute atomic E-state index is 13.6. The van der Waals surface area contributed by atoms with Gasteiger partial charge in [-0.05, 0) is 29.8 Å². The molecule has 3 nitrogen and oxygen atoms in total.